The fourth-order valence-electron chi connectivity index (χ4n) is 6.54. The summed E-state index contributed by atoms with van der Waals surface area (Å²) < 4.78 is 0. The Morgan fingerprint density at radius 2 is 1.42 bits per heavy atom. The molecule has 2 unspecified atom stereocenters. The predicted octanol–water partition coefficient (Wildman–Crippen LogP) is 6.09. The van der Waals surface area contributed by atoms with Crippen LogP contribution in [0.3, 0.4) is 0 Å². The van der Waals surface area contributed by atoms with Crippen molar-refractivity contribution < 1.29 is 10.2 Å². The van der Waals surface area contributed by atoms with Gasteiger partial charge in [-0.1, -0.05) is 59.3 Å². The van der Waals surface area contributed by atoms with Gasteiger partial charge in [0, 0.05) is 6.42 Å². The van der Waals surface area contributed by atoms with Gasteiger partial charge in [0.25, 0.3) is 0 Å². The number of rotatable bonds is 4. The smallest absolute Gasteiger partial charge is 0.0723 e. The lowest BCUT2D eigenvalue weighted by molar-refractivity contribution is -0.108. The van der Waals surface area contributed by atoms with Crippen LogP contribution in [0.1, 0.15) is 111 Å². The standard InChI is InChI=1S/C24H44O2/c1-18-7-11-20(12-8-18)21-13-9-19(10-14-21)16-23(2,3)24(26)15-5-4-6-22(25)17-24/h18-22,25-26H,4-17H2,1-3H3. The molecule has 152 valence electrons. The Kier molecular flexibility index (Phi) is 6.76. The molecule has 0 radical (unpaired) electrons. The average Bonchev–Trinajstić information content (AvgIpc) is 2.77. The predicted molar refractivity (Wildman–Crippen MR) is 109 cm³/mol. The highest BCUT2D eigenvalue weighted by Crippen LogP contribution is 2.49. The van der Waals surface area contributed by atoms with Crippen LogP contribution >= 0.6 is 0 Å². The summed E-state index contributed by atoms with van der Waals surface area (Å²) in [7, 11) is 0. The van der Waals surface area contributed by atoms with E-state index < -0.39 is 5.60 Å². The molecule has 0 heterocycles. The van der Waals surface area contributed by atoms with Gasteiger partial charge in [0.1, 0.15) is 0 Å². The van der Waals surface area contributed by atoms with E-state index in [0.29, 0.717) is 6.42 Å². The van der Waals surface area contributed by atoms with E-state index in [1.807, 2.05) is 0 Å². The van der Waals surface area contributed by atoms with E-state index in [9.17, 15) is 10.2 Å². The largest absolute Gasteiger partial charge is 0.393 e. The minimum absolute atomic E-state index is 0.0872. The molecule has 0 bridgehead atoms. The molecular weight excluding hydrogens is 320 g/mol. The van der Waals surface area contributed by atoms with Crippen LogP contribution in [0.2, 0.25) is 0 Å². The van der Waals surface area contributed by atoms with Gasteiger partial charge < -0.3 is 10.2 Å². The van der Waals surface area contributed by atoms with Crippen molar-refractivity contribution in [1.29, 1.82) is 0 Å². The number of aliphatic hydroxyl groups excluding tert-OH is 1. The Bertz CT molecular complexity index is 429. The normalized spacial score (nSPS) is 43.0. The van der Waals surface area contributed by atoms with Gasteiger partial charge in [-0.15, -0.1) is 0 Å². The van der Waals surface area contributed by atoms with Gasteiger partial charge in [0.05, 0.1) is 11.7 Å². The summed E-state index contributed by atoms with van der Waals surface area (Å²) in [5, 5.41) is 21.6. The molecule has 3 aliphatic rings. The highest BCUT2D eigenvalue weighted by molar-refractivity contribution is 4.98. The highest BCUT2D eigenvalue weighted by atomic mass is 16.3. The Hall–Kier alpha value is -0.0800. The third kappa shape index (κ3) is 4.85. The summed E-state index contributed by atoms with van der Waals surface area (Å²) in [5.74, 6) is 3.71. The molecule has 2 N–H and O–H groups in total. The maximum Gasteiger partial charge on any atom is 0.0723 e. The zero-order chi connectivity index (χ0) is 18.8. The van der Waals surface area contributed by atoms with Gasteiger partial charge in [0.15, 0.2) is 0 Å². The molecule has 3 rings (SSSR count). The summed E-state index contributed by atoms with van der Waals surface area (Å²) >= 11 is 0. The minimum Gasteiger partial charge on any atom is -0.393 e. The summed E-state index contributed by atoms with van der Waals surface area (Å²) in [5.41, 5.74) is -0.768. The van der Waals surface area contributed by atoms with Crippen LogP contribution in [0, 0.1) is 29.1 Å². The molecule has 0 aliphatic heterocycles. The molecule has 2 atom stereocenters. The van der Waals surface area contributed by atoms with Crippen LogP contribution in [0.25, 0.3) is 0 Å². The van der Waals surface area contributed by atoms with Crippen molar-refractivity contribution in [2.75, 3.05) is 0 Å². The minimum atomic E-state index is -0.681. The molecule has 0 aromatic rings. The first-order valence-corrected chi connectivity index (χ1v) is 11.7. The highest BCUT2D eigenvalue weighted by Gasteiger charge is 2.46. The van der Waals surface area contributed by atoms with E-state index in [4.69, 9.17) is 0 Å². The van der Waals surface area contributed by atoms with E-state index in [-0.39, 0.29) is 11.5 Å². The van der Waals surface area contributed by atoms with Gasteiger partial charge in [-0.05, 0) is 74.0 Å². The lowest BCUT2D eigenvalue weighted by Gasteiger charge is -2.46. The van der Waals surface area contributed by atoms with Crippen molar-refractivity contribution in [2.45, 2.75) is 122 Å². The van der Waals surface area contributed by atoms with Crippen LogP contribution in [-0.2, 0) is 0 Å². The topological polar surface area (TPSA) is 40.5 Å². The quantitative estimate of drug-likeness (QED) is 0.592. The number of aliphatic hydroxyl groups is 2. The molecule has 2 heteroatoms. The lowest BCUT2D eigenvalue weighted by atomic mass is 9.62. The third-order valence-corrected chi connectivity index (χ3v) is 8.63. The average molecular weight is 365 g/mol. The summed E-state index contributed by atoms with van der Waals surface area (Å²) in [6, 6.07) is 0. The monoisotopic (exact) mass is 364 g/mol. The van der Waals surface area contributed by atoms with E-state index in [1.54, 1.807) is 0 Å². The van der Waals surface area contributed by atoms with Crippen molar-refractivity contribution >= 4 is 0 Å². The number of hydrogen-bond acceptors (Lipinski definition) is 2. The maximum absolute atomic E-state index is 11.4. The molecule has 26 heavy (non-hydrogen) atoms. The second-order valence-corrected chi connectivity index (χ2v) is 11.0. The zero-order valence-electron chi connectivity index (χ0n) is 17.7. The van der Waals surface area contributed by atoms with Crippen molar-refractivity contribution in [1.82, 2.24) is 0 Å². The van der Waals surface area contributed by atoms with Gasteiger partial charge in [-0.2, -0.15) is 0 Å². The molecule has 3 aliphatic carbocycles. The van der Waals surface area contributed by atoms with Crippen molar-refractivity contribution in [2.24, 2.45) is 29.1 Å². The fourth-order valence-corrected chi connectivity index (χ4v) is 6.54. The fraction of sp³-hybridized carbons (Fsp3) is 1.00. The lowest BCUT2D eigenvalue weighted by Crippen LogP contribution is -2.47. The van der Waals surface area contributed by atoms with Crippen LogP contribution in [0.15, 0.2) is 0 Å². The summed E-state index contributed by atoms with van der Waals surface area (Å²) in [6.07, 6.45) is 16.6. The first kappa shape index (κ1) is 20.6. The van der Waals surface area contributed by atoms with Crippen LogP contribution in [0.4, 0.5) is 0 Å². The first-order chi connectivity index (χ1) is 12.3. The van der Waals surface area contributed by atoms with E-state index >= 15 is 0 Å². The molecule has 0 spiro atoms. The molecule has 0 aromatic carbocycles. The van der Waals surface area contributed by atoms with Crippen molar-refractivity contribution in [3.63, 3.8) is 0 Å². The van der Waals surface area contributed by atoms with E-state index in [2.05, 4.69) is 20.8 Å². The van der Waals surface area contributed by atoms with E-state index in [0.717, 1.165) is 55.8 Å². The molecule has 2 nitrogen and oxygen atoms in total. The number of hydrogen-bond donors (Lipinski definition) is 2. The maximum atomic E-state index is 11.4. The SMILES string of the molecule is CC1CCC(C2CCC(CC(C)(C)C3(O)CCCCC(O)C3)CC2)CC1. The Morgan fingerprint density at radius 3 is 2.04 bits per heavy atom. The van der Waals surface area contributed by atoms with Crippen molar-refractivity contribution in [3.05, 3.63) is 0 Å². The summed E-state index contributed by atoms with van der Waals surface area (Å²) in [4.78, 5) is 0. The zero-order valence-corrected chi connectivity index (χ0v) is 17.7. The molecule has 3 saturated carbocycles. The third-order valence-electron chi connectivity index (χ3n) is 8.63. The summed E-state index contributed by atoms with van der Waals surface area (Å²) in [6.45, 7) is 6.95. The van der Waals surface area contributed by atoms with Crippen molar-refractivity contribution in [3.8, 4) is 0 Å². The molecule has 0 amide bonds. The van der Waals surface area contributed by atoms with Gasteiger partial charge in [-0.3, -0.25) is 0 Å². The van der Waals surface area contributed by atoms with Gasteiger partial charge in [-0.25, -0.2) is 0 Å². The second kappa shape index (κ2) is 8.52. The van der Waals surface area contributed by atoms with Crippen LogP contribution < -0.4 is 0 Å². The Labute approximate surface area is 162 Å². The van der Waals surface area contributed by atoms with Gasteiger partial charge >= 0.3 is 0 Å². The molecule has 3 fully saturated rings. The van der Waals surface area contributed by atoms with E-state index in [1.165, 1.54) is 51.4 Å². The van der Waals surface area contributed by atoms with Crippen LogP contribution in [0.5, 0.6) is 0 Å². The second-order valence-electron chi connectivity index (χ2n) is 11.0. The Balaban J connectivity index is 1.51. The molecular formula is C24H44O2. The Morgan fingerprint density at radius 1 is 0.846 bits per heavy atom. The molecule has 0 aromatic heterocycles. The van der Waals surface area contributed by atoms with Gasteiger partial charge in [0.2, 0.25) is 0 Å². The van der Waals surface area contributed by atoms with Crippen LogP contribution in [-0.4, -0.2) is 21.9 Å². The molecule has 0 saturated heterocycles. The first-order valence-electron chi connectivity index (χ1n) is 11.7.